The third-order valence-electron chi connectivity index (χ3n) is 4.21. The number of carbonyl (C=O) groups excluding carboxylic acids is 2. The van der Waals surface area contributed by atoms with Crippen LogP contribution in [0.15, 0.2) is 83.5 Å². The number of halogens is 2. The van der Waals surface area contributed by atoms with Crippen LogP contribution >= 0.6 is 23.2 Å². The minimum absolute atomic E-state index is 0.0990. The molecule has 3 aromatic carbocycles. The molecule has 0 aliphatic carbocycles. The molecule has 0 atom stereocenters. The Morgan fingerprint density at radius 3 is 2.47 bits per heavy atom. The molecule has 30 heavy (non-hydrogen) atoms. The summed E-state index contributed by atoms with van der Waals surface area (Å²) in [4.78, 5) is 29.1. The highest BCUT2D eigenvalue weighted by molar-refractivity contribution is 6.36. The van der Waals surface area contributed by atoms with Crippen molar-refractivity contribution in [2.24, 2.45) is 4.99 Å². The van der Waals surface area contributed by atoms with Crippen molar-refractivity contribution >= 4 is 47.1 Å². The molecule has 1 aliphatic rings. The van der Waals surface area contributed by atoms with Gasteiger partial charge in [0.1, 0.15) is 5.75 Å². The zero-order valence-corrected chi connectivity index (χ0v) is 16.9. The molecular weight excluding hydrogens is 425 g/mol. The highest BCUT2D eigenvalue weighted by Gasteiger charge is 2.24. The van der Waals surface area contributed by atoms with Gasteiger partial charge in [0.25, 0.3) is 0 Å². The fourth-order valence-corrected chi connectivity index (χ4v) is 3.25. The Labute approximate surface area is 182 Å². The molecule has 7 heteroatoms. The summed E-state index contributed by atoms with van der Waals surface area (Å²) in [7, 11) is 0. The van der Waals surface area contributed by atoms with Gasteiger partial charge in [-0.2, -0.15) is 0 Å². The highest BCUT2D eigenvalue weighted by atomic mass is 35.5. The lowest BCUT2D eigenvalue weighted by Crippen LogP contribution is -2.10. The van der Waals surface area contributed by atoms with Crippen LogP contribution in [0.3, 0.4) is 0 Å². The predicted octanol–water partition coefficient (Wildman–Crippen LogP) is 5.56. The second-order valence-electron chi connectivity index (χ2n) is 6.25. The molecule has 0 saturated heterocycles. The molecule has 0 saturated carbocycles. The molecule has 0 radical (unpaired) electrons. The van der Waals surface area contributed by atoms with Crippen LogP contribution in [0, 0.1) is 0 Å². The number of cyclic esters (lactones) is 1. The second-order valence-corrected chi connectivity index (χ2v) is 7.10. The SMILES string of the molecule is O=C1OC(c2ccccc2)=N/C1=C/c1ccccc1OC(=O)c1ccc(Cl)cc1Cl. The predicted molar refractivity (Wildman–Crippen MR) is 115 cm³/mol. The smallest absolute Gasteiger partial charge is 0.363 e. The van der Waals surface area contributed by atoms with Gasteiger partial charge in [0, 0.05) is 16.1 Å². The third kappa shape index (κ3) is 4.27. The highest BCUT2D eigenvalue weighted by Crippen LogP contribution is 2.27. The van der Waals surface area contributed by atoms with Crippen LogP contribution < -0.4 is 4.74 Å². The van der Waals surface area contributed by atoms with Crippen LogP contribution in [0.5, 0.6) is 5.75 Å². The first-order valence-electron chi connectivity index (χ1n) is 8.85. The summed E-state index contributed by atoms with van der Waals surface area (Å²) >= 11 is 12.0. The van der Waals surface area contributed by atoms with Gasteiger partial charge in [-0.3, -0.25) is 0 Å². The average Bonchev–Trinajstić information content (AvgIpc) is 3.10. The number of carbonyl (C=O) groups is 2. The molecule has 0 spiro atoms. The molecule has 0 N–H and O–H groups in total. The first kappa shape index (κ1) is 19.9. The number of ether oxygens (including phenoxy) is 2. The number of esters is 2. The molecule has 1 aliphatic heterocycles. The fourth-order valence-electron chi connectivity index (χ4n) is 2.76. The molecule has 0 bridgehead atoms. The number of hydrogen-bond donors (Lipinski definition) is 0. The monoisotopic (exact) mass is 437 g/mol. The molecule has 4 rings (SSSR count). The van der Waals surface area contributed by atoms with Gasteiger partial charge in [-0.05, 0) is 42.5 Å². The minimum atomic E-state index is -0.648. The zero-order valence-electron chi connectivity index (χ0n) is 15.3. The van der Waals surface area contributed by atoms with Crippen LogP contribution in [0.25, 0.3) is 6.08 Å². The number of para-hydroxylation sites is 1. The Kier molecular flexibility index (Phi) is 5.65. The van der Waals surface area contributed by atoms with Crippen LogP contribution in [0.2, 0.25) is 10.0 Å². The van der Waals surface area contributed by atoms with E-state index in [4.69, 9.17) is 32.7 Å². The van der Waals surface area contributed by atoms with E-state index in [0.29, 0.717) is 16.1 Å². The molecule has 0 amide bonds. The molecule has 1 heterocycles. The molecule has 0 unspecified atom stereocenters. The van der Waals surface area contributed by atoms with Gasteiger partial charge in [0.2, 0.25) is 5.90 Å². The Hall–Kier alpha value is -3.41. The van der Waals surface area contributed by atoms with E-state index >= 15 is 0 Å². The van der Waals surface area contributed by atoms with E-state index in [1.807, 2.05) is 18.2 Å². The summed E-state index contributed by atoms with van der Waals surface area (Å²) in [5.74, 6) is -0.771. The molecule has 3 aromatic rings. The van der Waals surface area contributed by atoms with Crippen molar-refractivity contribution in [1.82, 2.24) is 0 Å². The summed E-state index contributed by atoms with van der Waals surface area (Å²) in [6.07, 6.45) is 1.50. The molecule has 5 nitrogen and oxygen atoms in total. The Balaban J connectivity index is 1.63. The Morgan fingerprint density at radius 1 is 0.967 bits per heavy atom. The maximum atomic E-state index is 12.5. The van der Waals surface area contributed by atoms with E-state index < -0.39 is 11.9 Å². The second kappa shape index (κ2) is 8.53. The summed E-state index contributed by atoms with van der Waals surface area (Å²) in [6.45, 7) is 0. The Morgan fingerprint density at radius 2 is 1.70 bits per heavy atom. The van der Waals surface area contributed by atoms with Crippen molar-refractivity contribution in [3.8, 4) is 5.75 Å². The molecule has 0 fully saturated rings. The van der Waals surface area contributed by atoms with Gasteiger partial charge >= 0.3 is 11.9 Å². The number of hydrogen-bond acceptors (Lipinski definition) is 5. The van der Waals surface area contributed by atoms with E-state index in [1.54, 1.807) is 42.5 Å². The van der Waals surface area contributed by atoms with Crippen LogP contribution in [-0.2, 0) is 9.53 Å². The van der Waals surface area contributed by atoms with Gasteiger partial charge in [-0.25, -0.2) is 14.6 Å². The largest absolute Gasteiger partial charge is 0.422 e. The number of benzene rings is 3. The number of rotatable bonds is 4. The van der Waals surface area contributed by atoms with E-state index in [9.17, 15) is 9.59 Å². The lowest BCUT2D eigenvalue weighted by Gasteiger charge is -2.09. The van der Waals surface area contributed by atoms with Gasteiger partial charge in [0.05, 0.1) is 10.6 Å². The van der Waals surface area contributed by atoms with E-state index in [0.717, 1.165) is 0 Å². The number of aliphatic imine (C=N–C) groups is 1. The van der Waals surface area contributed by atoms with E-state index in [-0.39, 0.29) is 27.9 Å². The molecule has 0 aromatic heterocycles. The van der Waals surface area contributed by atoms with Gasteiger partial charge < -0.3 is 9.47 Å². The molecular formula is C23H13Cl2NO4. The van der Waals surface area contributed by atoms with E-state index in [2.05, 4.69) is 4.99 Å². The topological polar surface area (TPSA) is 65.0 Å². The van der Waals surface area contributed by atoms with Crippen molar-refractivity contribution < 1.29 is 19.1 Å². The van der Waals surface area contributed by atoms with Crippen molar-refractivity contribution in [1.29, 1.82) is 0 Å². The van der Waals surface area contributed by atoms with Crippen molar-refractivity contribution in [2.45, 2.75) is 0 Å². The quantitative estimate of drug-likeness (QED) is 0.304. The summed E-state index contributed by atoms with van der Waals surface area (Å²) in [5.41, 5.74) is 1.45. The lowest BCUT2D eigenvalue weighted by molar-refractivity contribution is -0.129. The van der Waals surface area contributed by atoms with Crippen molar-refractivity contribution in [3.63, 3.8) is 0 Å². The average molecular weight is 438 g/mol. The maximum absolute atomic E-state index is 12.5. The van der Waals surface area contributed by atoms with Gasteiger partial charge in [-0.1, -0.05) is 59.6 Å². The first-order chi connectivity index (χ1) is 14.5. The van der Waals surface area contributed by atoms with Gasteiger partial charge in [0.15, 0.2) is 5.70 Å². The first-order valence-corrected chi connectivity index (χ1v) is 9.61. The van der Waals surface area contributed by atoms with Gasteiger partial charge in [-0.15, -0.1) is 0 Å². The number of nitrogens with zero attached hydrogens (tertiary/aromatic N) is 1. The lowest BCUT2D eigenvalue weighted by atomic mass is 10.1. The van der Waals surface area contributed by atoms with Crippen molar-refractivity contribution in [2.75, 3.05) is 0 Å². The summed E-state index contributed by atoms with van der Waals surface area (Å²) in [5, 5.41) is 0.591. The van der Waals surface area contributed by atoms with E-state index in [1.165, 1.54) is 18.2 Å². The molecule has 148 valence electrons. The summed E-state index contributed by atoms with van der Waals surface area (Å²) in [6, 6.07) is 20.3. The maximum Gasteiger partial charge on any atom is 0.363 e. The van der Waals surface area contributed by atoms with Crippen LogP contribution in [0.1, 0.15) is 21.5 Å². The standard InChI is InChI=1S/C23H13Cl2NO4/c24-16-10-11-17(18(25)13-16)22(27)29-20-9-5-4-8-15(20)12-19-23(28)30-21(26-19)14-6-2-1-3-7-14/h1-13H/b19-12+. The Bertz CT molecular complexity index is 1200. The van der Waals surface area contributed by atoms with Crippen LogP contribution in [0.4, 0.5) is 0 Å². The fraction of sp³-hybridized carbons (Fsp3) is 0. The summed E-state index contributed by atoms with van der Waals surface area (Å²) < 4.78 is 10.8. The van der Waals surface area contributed by atoms with Crippen molar-refractivity contribution in [3.05, 3.63) is 105 Å². The van der Waals surface area contributed by atoms with Crippen LogP contribution in [-0.4, -0.2) is 17.8 Å². The zero-order chi connectivity index (χ0) is 21.1. The normalized spacial score (nSPS) is 14.4. The minimum Gasteiger partial charge on any atom is -0.422 e. The third-order valence-corrected chi connectivity index (χ3v) is 4.75.